The van der Waals surface area contributed by atoms with Crippen LogP contribution in [0.3, 0.4) is 0 Å². The van der Waals surface area contributed by atoms with Gasteiger partial charge in [0.1, 0.15) is 11.6 Å². The van der Waals surface area contributed by atoms with Gasteiger partial charge in [0.05, 0.1) is 47.0 Å². The highest BCUT2D eigenvalue weighted by Gasteiger charge is 2.25. The molecule has 1 fully saturated rings. The molecule has 12 heteroatoms. The number of aromatic carboxylic acids is 1. The fourth-order valence-electron chi connectivity index (χ4n) is 4.63. The summed E-state index contributed by atoms with van der Waals surface area (Å²) in [7, 11) is 0. The Labute approximate surface area is 241 Å². The first-order chi connectivity index (χ1) is 18.4. The quantitative estimate of drug-likeness (QED) is 0.277. The number of aromatic nitrogens is 3. The van der Waals surface area contributed by atoms with Gasteiger partial charge in [-0.2, -0.15) is 13.5 Å². The predicted octanol–water partition coefficient (Wildman–Crippen LogP) is 5.41. The van der Waals surface area contributed by atoms with Crippen molar-refractivity contribution >= 4 is 59.3 Å². The number of rotatable bonds is 9. The fraction of sp³-hybridized carbons (Fsp3) is 0.296. The third-order valence-corrected chi connectivity index (χ3v) is 7.25. The van der Waals surface area contributed by atoms with Crippen LogP contribution in [0.15, 0.2) is 53.1 Å². The highest BCUT2D eigenvalue weighted by Crippen LogP contribution is 2.29. The lowest BCUT2D eigenvalue weighted by Crippen LogP contribution is -2.32. The molecule has 0 radical (unpaired) electrons. The average molecular weight is 590 g/mol. The zero-order chi connectivity index (χ0) is 26.2. The average Bonchev–Trinajstić information content (AvgIpc) is 3.59. The molecule has 1 atom stereocenters. The summed E-state index contributed by atoms with van der Waals surface area (Å²) in [6, 6.07) is 10.1. The monoisotopic (exact) mass is 588 g/mol. The number of ether oxygens (including phenoxy) is 2. The number of carbonyl (C=O) groups is 1. The summed E-state index contributed by atoms with van der Waals surface area (Å²) < 4.78 is 19.4. The molecule has 2 aliphatic rings. The molecule has 1 saturated heterocycles. The summed E-state index contributed by atoms with van der Waals surface area (Å²) in [5.41, 5.74) is 2.86. The minimum atomic E-state index is -0.956. The van der Waals surface area contributed by atoms with Crippen LogP contribution in [0.4, 0.5) is 0 Å². The lowest BCUT2D eigenvalue weighted by molar-refractivity contribution is -0.0591. The van der Waals surface area contributed by atoms with Crippen LogP contribution in [-0.2, 0) is 24.4 Å². The van der Waals surface area contributed by atoms with Crippen molar-refractivity contribution in [2.24, 2.45) is 0 Å². The van der Waals surface area contributed by atoms with E-state index in [0.29, 0.717) is 47.1 Å². The molecule has 0 bridgehead atoms. The van der Waals surface area contributed by atoms with Crippen LogP contribution in [0, 0.1) is 0 Å². The molecule has 2 aliphatic heterocycles. The Hall–Kier alpha value is -3.02. The molecule has 2 aromatic heterocycles. The molecule has 0 amide bonds. The lowest BCUT2D eigenvalue weighted by Gasteiger charge is -2.28. The van der Waals surface area contributed by atoms with Crippen LogP contribution in [-0.4, -0.2) is 56.3 Å². The minimum absolute atomic E-state index is 0. The van der Waals surface area contributed by atoms with Crippen LogP contribution in [0.2, 0.25) is 10.0 Å². The van der Waals surface area contributed by atoms with Crippen LogP contribution in [0.5, 0.6) is 5.75 Å². The molecule has 0 spiro atoms. The van der Waals surface area contributed by atoms with E-state index in [1.54, 1.807) is 42.6 Å². The number of hydrogen-bond acceptors (Lipinski definition) is 7. The maximum Gasteiger partial charge on any atom is 0.335 e. The Morgan fingerprint density at radius 3 is 2.79 bits per heavy atom. The summed E-state index contributed by atoms with van der Waals surface area (Å²) in [4.78, 5) is 23.0. The molecule has 0 unspecified atom stereocenters. The summed E-state index contributed by atoms with van der Waals surface area (Å²) in [5, 5.41) is 10.4. The van der Waals surface area contributed by atoms with Crippen molar-refractivity contribution in [2.45, 2.75) is 32.2 Å². The van der Waals surface area contributed by atoms with Crippen LogP contribution in [0.1, 0.15) is 34.3 Å². The molecule has 4 aromatic rings. The van der Waals surface area contributed by atoms with Crippen molar-refractivity contribution in [3.05, 3.63) is 81.8 Å². The Morgan fingerprint density at radius 2 is 2.05 bits per heavy atom. The Bertz CT molecular complexity index is 1550. The van der Waals surface area contributed by atoms with Gasteiger partial charge in [0, 0.05) is 30.3 Å². The number of imidazole rings is 1. The number of carboxylic acids is 1. The number of hydrogen-bond donors (Lipinski definition) is 1. The number of nitrogens with zero attached hydrogens (tertiary/aromatic N) is 4. The normalized spacial score (nSPS) is 17.1. The topological polar surface area (TPSA) is 103 Å². The van der Waals surface area contributed by atoms with Gasteiger partial charge in [-0.25, -0.2) is 14.8 Å². The van der Waals surface area contributed by atoms with Crippen molar-refractivity contribution in [3.8, 4) is 5.75 Å². The zero-order valence-electron chi connectivity index (χ0n) is 20.8. The molecule has 9 nitrogen and oxygen atoms in total. The van der Waals surface area contributed by atoms with E-state index in [2.05, 4.69) is 20.5 Å². The molecule has 1 N–H and O–H groups in total. The van der Waals surface area contributed by atoms with Gasteiger partial charge >= 0.3 is 5.97 Å². The van der Waals surface area contributed by atoms with Crippen molar-refractivity contribution in [2.75, 3.05) is 19.7 Å². The van der Waals surface area contributed by atoms with Crippen LogP contribution in [0.25, 0.3) is 16.6 Å². The van der Waals surface area contributed by atoms with Gasteiger partial charge in [-0.3, -0.25) is 4.90 Å². The molecular weight excluding hydrogens is 563 g/mol. The van der Waals surface area contributed by atoms with Crippen LogP contribution < -0.4 is 4.74 Å². The van der Waals surface area contributed by atoms with Crippen molar-refractivity contribution < 1.29 is 23.8 Å². The summed E-state index contributed by atoms with van der Waals surface area (Å²) in [6.45, 7) is 3.54. The van der Waals surface area contributed by atoms with Gasteiger partial charge in [0.25, 0.3) is 0 Å². The maximum absolute atomic E-state index is 11.5. The third-order valence-electron chi connectivity index (χ3n) is 6.72. The molecule has 204 valence electrons. The Kier molecular flexibility index (Phi) is 8.20. The Morgan fingerprint density at radius 1 is 1.21 bits per heavy atom. The van der Waals surface area contributed by atoms with E-state index < -0.39 is 5.97 Å². The van der Waals surface area contributed by atoms with Crippen LogP contribution >= 0.6 is 36.7 Å². The second kappa shape index (κ2) is 11.6. The van der Waals surface area contributed by atoms with Gasteiger partial charge in [-0.15, -0.1) is 0 Å². The summed E-state index contributed by atoms with van der Waals surface area (Å²) in [5.74, 6) is 1.56. The minimum Gasteiger partial charge on any atom is -0.482 e. The Balaban J connectivity index is 0.00000308. The smallest absolute Gasteiger partial charge is 0.335 e. The third kappa shape index (κ3) is 5.95. The van der Waals surface area contributed by atoms with Gasteiger partial charge in [0.2, 0.25) is 5.89 Å². The highest BCUT2D eigenvalue weighted by atomic mass is 35.5. The van der Waals surface area contributed by atoms with Gasteiger partial charge < -0.3 is 23.6 Å². The van der Waals surface area contributed by atoms with Crippen molar-refractivity contribution in [1.29, 1.82) is 0 Å². The first-order valence-electron chi connectivity index (χ1n) is 12.2. The van der Waals surface area contributed by atoms with Gasteiger partial charge in [-0.05, 0) is 42.8 Å². The number of carboxylic acid groups (broad SMARTS) is 1. The summed E-state index contributed by atoms with van der Waals surface area (Å²) in [6.07, 6.45) is 4.92. The molecule has 0 aliphatic carbocycles. The predicted molar refractivity (Wildman–Crippen MR) is 152 cm³/mol. The summed E-state index contributed by atoms with van der Waals surface area (Å²) >= 11 is 12.1. The van der Waals surface area contributed by atoms with Gasteiger partial charge in [-0.1, -0.05) is 29.3 Å². The van der Waals surface area contributed by atoms with E-state index in [4.69, 9.17) is 42.1 Å². The van der Waals surface area contributed by atoms with E-state index in [1.807, 2.05) is 0 Å². The fourth-order valence-corrected chi connectivity index (χ4v) is 5.09. The molecule has 4 heterocycles. The number of oxazole rings is 1. The van der Waals surface area contributed by atoms with E-state index in [0.717, 1.165) is 42.0 Å². The molecule has 0 saturated carbocycles. The van der Waals surface area contributed by atoms with E-state index >= 15 is 0 Å². The number of halogens is 2. The highest BCUT2D eigenvalue weighted by molar-refractivity contribution is 7.59. The second-order valence-corrected chi connectivity index (χ2v) is 10.2. The van der Waals surface area contributed by atoms with E-state index in [1.165, 1.54) is 0 Å². The standard InChI is InChI=1S/C27H24Cl2N4O5.H2S/c28-18-2-4-23(20(29)10-18)37-15-26-30-11-24(38-26)17-5-7-32(12-17)14-25-31-21-3-1-16(27(34)35)9-22(21)33(25)13-19-6-8-36-19;/h1-5,9-11,19H,6-8,12-15H2,(H,34,35);1H2/t19-;/m0./s1. The first kappa shape index (κ1) is 27.5. The molecule has 39 heavy (non-hydrogen) atoms. The second-order valence-electron chi connectivity index (χ2n) is 9.31. The van der Waals surface area contributed by atoms with Gasteiger partial charge in [0.15, 0.2) is 12.4 Å². The molecular formula is C27H26Cl2N4O5S. The zero-order valence-corrected chi connectivity index (χ0v) is 23.3. The SMILES string of the molecule is O=C(O)c1ccc2nc(CN3CC=C(c4cnc(COc5ccc(Cl)cc5Cl)o4)C3)n(C[C@@H]3CCO3)c2c1.S. The largest absolute Gasteiger partial charge is 0.482 e. The lowest BCUT2D eigenvalue weighted by atomic mass is 10.1. The van der Waals surface area contributed by atoms with E-state index in [9.17, 15) is 9.90 Å². The maximum atomic E-state index is 11.5. The number of benzene rings is 2. The molecule has 2 aromatic carbocycles. The van der Waals surface area contributed by atoms with E-state index in [-0.39, 0.29) is 31.8 Å². The number of fused-ring (bicyclic) bond motifs is 1. The first-order valence-corrected chi connectivity index (χ1v) is 13.0. The molecule has 6 rings (SSSR count). The van der Waals surface area contributed by atoms with Crippen molar-refractivity contribution in [3.63, 3.8) is 0 Å². The van der Waals surface area contributed by atoms with Crippen molar-refractivity contribution in [1.82, 2.24) is 19.4 Å².